The minimum Gasteiger partial charge on any atom is -0.489 e. The van der Waals surface area contributed by atoms with Gasteiger partial charge in [-0.25, -0.2) is 9.78 Å². The number of thiazole rings is 1. The monoisotopic (exact) mass is 677 g/mol. The molecule has 0 saturated carbocycles. The Balaban J connectivity index is 2.05. The molecule has 0 radical (unpaired) electrons. The zero-order valence-corrected chi connectivity index (χ0v) is 27.7. The fraction of sp³-hybridized carbons (Fsp3) is 0.333. The van der Waals surface area contributed by atoms with E-state index in [0.717, 1.165) is 28.0 Å². The van der Waals surface area contributed by atoms with Crippen LogP contribution in [-0.4, -0.2) is 41.7 Å². The number of halogens is 3. The quantitative estimate of drug-likeness (QED) is 0.0953. The molecule has 4 aromatic rings. The van der Waals surface area contributed by atoms with Gasteiger partial charge < -0.3 is 18.8 Å². The number of hydrogen-bond acceptors (Lipinski definition) is 8. The maximum atomic E-state index is 13.6. The number of carbonyl (C=O) groups is 1. The number of carboxylic acid groups (broad SMARTS) is 1. The second kappa shape index (κ2) is 13.0. The average molecular weight is 678 g/mol. The highest BCUT2D eigenvalue weighted by molar-refractivity contribution is 7.88. The normalized spacial score (nSPS) is 13.8. The summed E-state index contributed by atoms with van der Waals surface area (Å²) < 4.78 is 82.4. The smallest absolute Gasteiger partial charge is 0.489 e. The van der Waals surface area contributed by atoms with E-state index in [1.165, 1.54) is 13.0 Å². The van der Waals surface area contributed by atoms with Crippen molar-refractivity contribution in [1.29, 1.82) is 0 Å². The lowest BCUT2D eigenvalue weighted by molar-refractivity contribution is -0.160. The summed E-state index contributed by atoms with van der Waals surface area (Å²) in [6.45, 7) is 13.7. The molecular weight excluding hydrogens is 643 g/mol. The van der Waals surface area contributed by atoms with Crippen LogP contribution in [0.5, 0.6) is 11.5 Å². The van der Waals surface area contributed by atoms with E-state index in [9.17, 15) is 31.5 Å². The van der Waals surface area contributed by atoms with E-state index in [-0.39, 0.29) is 32.5 Å². The van der Waals surface area contributed by atoms with Crippen molar-refractivity contribution >= 4 is 37.6 Å². The molecule has 0 aliphatic heterocycles. The first-order chi connectivity index (χ1) is 21.3. The van der Waals surface area contributed by atoms with Gasteiger partial charge in [0.25, 0.3) is 0 Å². The van der Waals surface area contributed by atoms with Crippen LogP contribution in [0, 0.1) is 13.8 Å². The Morgan fingerprint density at radius 2 is 1.72 bits per heavy atom. The Hall–Kier alpha value is -3.94. The number of aliphatic carboxylic acids is 1. The van der Waals surface area contributed by atoms with Gasteiger partial charge in [0, 0.05) is 17.5 Å². The summed E-state index contributed by atoms with van der Waals surface area (Å²) in [4.78, 5) is 17.1. The summed E-state index contributed by atoms with van der Waals surface area (Å²) in [6.07, 6.45) is 0.0516. The Kier molecular flexibility index (Phi) is 9.91. The number of nitrogens with zero attached hydrogens (tertiary/aromatic N) is 1. The van der Waals surface area contributed by atoms with Gasteiger partial charge in [0.05, 0.1) is 27.5 Å². The molecule has 246 valence electrons. The third-order valence-electron chi connectivity index (χ3n) is 6.71. The Morgan fingerprint density at radius 3 is 2.30 bits per heavy atom. The molecule has 3 aromatic carbocycles. The Labute approximate surface area is 269 Å². The van der Waals surface area contributed by atoms with Gasteiger partial charge in [-0.15, -0.1) is 17.9 Å². The van der Waals surface area contributed by atoms with Gasteiger partial charge in [0.1, 0.15) is 10.8 Å². The second-order valence-electron chi connectivity index (χ2n) is 11.7. The van der Waals surface area contributed by atoms with Gasteiger partial charge in [0.2, 0.25) is 0 Å². The molecule has 8 nitrogen and oxygen atoms in total. The van der Waals surface area contributed by atoms with Gasteiger partial charge in [-0.2, -0.15) is 21.6 Å². The molecule has 0 aliphatic rings. The lowest BCUT2D eigenvalue weighted by Gasteiger charge is -2.27. The molecule has 2 atom stereocenters. The van der Waals surface area contributed by atoms with Crippen LogP contribution in [-0.2, 0) is 19.6 Å². The van der Waals surface area contributed by atoms with Crippen molar-refractivity contribution in [2.24, 2.45) is 0 Å². The molecule has 0 spiro atoms. The zero-order chi connectivity index (χ0) is 34.2. The van der Waals surface area contributed by atoms with Crippen molar-refractivity contribution in [3.8, 4) is 33.2 Å². The minimum absolute atomic E-state index is 0.0968. The van der Waals surface area contributed by atoms with Crippen molar-refractivity contribution in [1.82, 2.24) is 4.98 Å². The third kappa shape index (κ3) is 7.54. The van der Waals surface area contributed by atoms with Crippen molar-refractivity contribution in [3.63, 3.8) is 0 Å². The number of carboxylic acids is 1. The number of ether oxygens (including phenoxy) is 2. The fourth-order valence-electron chi connectivity index (χ4n) is 4.80. The number of fused-ring (bicyclic) bond motifs is 1. The molecule has 1 heterocycles. The van der Waals surface area contributed by atoms with Crippen LogP contribution in [0.3, 0.4) is 0 Å². The lowest BCUT2D eigenvalue weighted by atomic mass is 9.99. The highest BCUT2D eigenvalue weighted by Gasteiger charge is 2.50. The van der Waals surface area contributed by atoms with E-state index < -0.39 is 39.1 Å². The van der Waals surface area contributed by atoms with E-state index in [2.05, 4.69) is 11.6 Å². The zero-order valence-electron chi connectivity index (χ0n) is 26.1. The number of benzene rings is 3. The molecule has 0 aliphatic carbocycles. The molecule has 0 amide bonds. The second-order valence-corrected chi connectivity index (χ2v) is 14.3. The Bertz CT molecular complexity index is 1890. The molecule has 46 heavy (non-hydrogen) atoms. The average Bonchev–Trinajstić information content (AvgIpc) is 3.34. The number of aromatic nitrogens is 1. The lowest BCUT2D eigenvalue weighted by Crippen LogP contribution is -2.31. The molecule has 0 saturated heterocycles. The maximum absolute atomic E-state index is 13.6. The number of hydrogen-bond donors (Lipinski definition) is 1. The van der Waals surface area contributed by atoms with Crippen molar-refractivity contribution in [3.05, 3.63) is 77.9 Å². The summed E-state index contributed by atoms with van der Waals surface area (Å²) in [6, 6.07) is 14.6. The van der Waals surface area contributed by atoms with Crippen LogP contribution in [0.2, 0.25) is 0 Å². The molecule has 13 heteroatoms. The highest BCUT2D eigenvalue weighted by atomic mass is 32.2. The fourth-order valence-corrected chi connectivity index (χ4v) is 6.40. The van der Waals surface area contributed by atoms with E-state index in [1.807, 2.05) is 44.2 Å². The van der Waals surface area contributed by atoms with Crippen LogP contribution in [0.15, 0.2) is 61.2 Å². The van der Waals surface area contributed by atoms with Gasteiger partial charge >= 0.3 is 21.6 Å². The van der Waals surface area contributed by atoms with Gasteiger partial charge in [-0.3, -0.25) is 0 Å². The third-order valence-corrected chi connectivity index (χ3v) is 8.77. The molecule has 1 unspecified atom stereocenters. The Morgan fingerprint density at radius 1 is 1.07 bits per heavy atom. The van der Waals surface area contributed by atoms with Crippen molar-refractivity contribution in [2.75, 3.05) is 0 Å². The maximum Gasteiger partial charge on any atom is 0.534 e. The SMILES string of the molecule is C=CC[C@H](C)Oc1c(-c2cccc(C)c2)cccc1-c1nc2cc(C)c(C(OC(C)(C)C)C(=O)O)c(OS(=O)(=O)C(F)(F)F)c2s1. The van der Waals surface area contributed by atoms with Crippen LogP contribution in [0.4, 0.5) is 13.2 Å². The number of para-hydroxylation sites is 1. The van der Waals surface area contributed by atoms with Crippen LogP contribution >= 0.6 is 11.3 Å². The summed E-state index contributed by atoms with van der Waals surface area (Å²) >= 11 is 0.843. The first-order valence-corrected chi connectivity index (χ1v) is 16.4. The summed E-state index contributed by atoms with van der Waals surface area (Å²) in [5.74, 6) is -1.91. The highest BCUT2D eigenvalue weighted by Crippen LogP contribution is 2.48. The predicted molar refractivity (Wildman–Crippen MR) is 172 cm³/mol. The van der Waals surface area contributed by atoms with E-state index >= 15 is 0 Å². The summed E-state index contributed by atoms with van der Waals surface area (Å²) in [7, 11) is -6.22. The standard InChI is InChI=1S/C33H34F3NO7S2/c1-8-11-20(4)42-26-22(21-13-9-12-18(2)16-21)14-10-15-23(26)30-37-24-17-19(3)25(28(31(38)39)43-32(5,6)7)27(29(24)45-30)44-46(40,41)33(34,35)36/h8-10,12-17,20,28H,1,11H2,2-7H3,(H,38,39)/t20-,28?/m0/s1. The molecule has 0 fully saturated rings. The molecule has 1 aromatic heterocycles. The van der Waals surface area contributed by atoms with Gasteiger partial charge in [-0.1, -0.05) is 48.0 Å². The summed E-state index contributed by atoms with van der Waals surface area (Å²) in [5, 5.41) is 10.4. The topological polar surface area (TPSA) is 112 Å². The van der Waals surface area contributed by atoms with Crippen molar-refractivity contribution in [2.45, 2.75) is 71.3 Å². The molecule has 4 rings (SSSR count). The minimum atomic E-state index is -6.22. The molecule has 1 N–H and O–H groups in total. The van der Waals surface area contributed by atoms with E-state index in [4.69, 9.17) is 13.7 Å². The molecular formula is C33H34F3NO7S2. The van der Waals surface area contributed by atoms with Crippen LogP contribution in [0.25, 0.3) is 31.9 Å². The van der Waals surface area contributed by atoms with Crippen LogP contribution in [0.1, 0.15) is 56.9 Å². The molecule has 0 bridgehead atoms. The van der Waals surface area contributed by atoms with Crippen LogP contribution < -0.4 is 8.92 Å². The number of alkyl halides is 3. The van der Waals surface area contributed by atoms with Crippen molar-refractivity contribution < 1.29 is 45.1 Å². The van der Waals surface area contributed by atoms with E-state index in [0.29, 0.717) is 17.7 Å². The summed E-state index contributed by atoms with van der Waals surface area (Å²) in [5.41, 5.74) is -3.95. The predicted octanol–water partition coefficient (Wildman–Crippen LogP) is 8.76. The first kappa shape index (κ1) is 34.9. The number of rotatable bonds is 11. The largest absolute Gasteiger partial charge is 0.534 e. The van der Waals surface area contributed by atoms with Gasteiger partial charge in [-0.05, 0) is 64.8 Å². The van der Waals surface area contributed by atoms with Gasteiger partial charge in [0.15, 0.2) is 11.9 Å². The van der Waals surface area contributed by atoms with E-state index in [1.54, 1.807) is 39.0 Å². The number of aryl methyl sites for hydroxylation is 2. The first-order valence-electron chi connectivity index (χ1n) is 14.2.